The molecule has 0 aromatic carbocycles. The highest BCUT2D eigenvalue weighted by atomic mass is 16.6. The van der Waals surface area contributed by atoms with Crippen LogP contribution in [0.5, 0.6) is 0 Å². The maximum absolute atomic E-state index is 10.7. The summed E-state index contributed by atoms with van der Waals surface area (Å²) in [7, 11) is 0. The van der Waals surface area contributed by atoms with E-state index in [2.05, 4.69) is 10.9 Å². The van der Waals surface area contributed by atoms with Crippen molar-refractivity contribution in [2.75, 3.05) is 6.54 Å². The number of hydrogen-bond donors (Lipinski definition) is 2. The first kappa shape index (κ1) is 5.20. The molecular weight excluding hydrogens is 120 g/mol. The van der Waals surface area contributed by atoms with E-state index < -0.39 is 0 Å². The number of ether oxygens (including phenoxy) is 1. The molecule has 50 valence electrons. The van der Waals surface area contributed by atoms with Gasteiger partial charge >= 0.3 is 5.97 Å². The average Bonchev–Trinajstić information content (AvgIpc) is 2.09. The van der Waals surface area contributed by atoms with Crippen LogP contribution < -0.4 is 10.9 Å². The van der Waals surface area contributed by atoms with Gasteiger partial charge in [-0.15, -0.1) is 0 Å². The summed E-state index contributed by atoms with van der Waals surface area (Å²) >= 11 is 0. The van der Waals surface area contributed by atoms with Crippen LogP contribution in [0.2, 0.25) is 0 Å². The minimum atomic E-state index is -0.120. The van der Waals surface area contributed by atoms with Crippen LogP contribution in [0.1, 0.15) is 6.42 Å². The molecule has 2 rings (SSSR count). The monoisotopic (exact) mass is 128 g/mol. The minimum absolute atomic E-state index is 0.0938. The molecule has 4 heteroatoms. The fraction of sp³-hybridized carbons (Fsp3) is 0.800. The molecule has 0 aliphatic carbocycles. The van der Waals surface area contributed by atoms with Crippen LogP contribution in [-0.4, -0.2) is 24.7 Å². The molecule has 2 aliphatic rings. The molecule has 0 saturated carbocycles. The SMILES string of the molecule is O=C1OC2CNNC1C2. The lowest BCUT2D eigenvalue weighted by atomic mass is 10.1. The maximum Gasteiger partial charge on any atom is 0.324 e. The largest absolute Gasteiger partial charge is 0.460 e. The van der Waals surface area contributed by atoms with Gasteiger partial charge in [0.05, 0.1) is 0 Å². The first-order valence-corrected chi connectivity index (χ1v) is 3.05. The normalized spacial score (nSPS) is 40.7. The lowest BCUT2D eigenvalue weighted by molar-refractivity contribution is -0.141. The van der Waals surface area contributed by atoms with E-state index >= 15 is 0 Å². The van der Waals surface area contributed by atoms with Crippen LogP contribution >= 0.6 is 0 Å². The highest BCUT2D eigenvalue weighted by Gasteiger charge is 2.37. The van der Waals surface area contributed by atoms with Crippen LogP contribution in [0, 0.1) is 0 Å². The number of nitrogens with one attached hydrogen (secondary N) is 2. The minimum Gasteiger partial charge on any atom is -0.460 e. The lowest BCUT2D eigenvalue weighted by Crippen LogP contribution is -2.48. The Balaban J connectivity index is 2.15. The standard InChI is InChI=1S/C5H8N2O2/c8-5-4-1-3(9-5)2-6-7-4/h3-4,6-7H,1-2H2. The van der Waals surface area contributed by atoms with Gasteiger partial charge in [-0.2, -0.15) is 0 Å². The molecule has 2 fully saturated rings. The summed E-state index contributed by atoms with van der Waals surface area (Å²) in [6.45, 7) is 0.738. The van der Waals surface area contributed by atoms with E-state index in [-0.39, 0.29) is 18.1 Å². The smallest absolute Gasteiger partial charge is 0.324 e. The third-order valence-corrected chi connectivity index (χ3v) is 1.67. The number of rotatable bonds is 0. The molecule has 2 aliphatic heterocycles. The van der Waals surface area contributed by atoms with Crippen molar-refractivity contribution < 1.29 is 9.53 Å². The first-order valence-electron chi connectivity index (χ1n) is 3.05. The predicted molar refractivity (Wildman–Crippen MR) is 29.4 cm³/mol. The van der Waals surface area contributed by atoms with Crippen LogP contribution in [0.25, 0.3) is 0 Å². The Morgan fingerprint density at radius 3 is 3.22 bits per heavy atom. The molecule has 2 saturated heterocycles. The Labute approximate surface area is 52.5 Å². The summed E-state index contributed by atoms with van der Waals surface area (Å²) in [4.78, 5) is 10.7. The van der Waals surface area contributed by atoms with E-state index in [0.717, 1.165) is 13.0 Å². The van der Waals surface area contributed by atoms with Crippen molar-refractivity contribution in [1.29, 1.82) is 0 Å². The molecule has 0 aromatic heterocycles. The predicted octanol–water partition coefficient (Wildman–Crippen LogP) is -1.22. The molecule has 2 unspecified atom stereocenters. The van der Waals surface area contributed by atoms with Crippen molar-refractivity contribution >= 4 is 5.97 Å². The van der Waals surface area contributed by atoms with Crippen molar-refractivity contribution in [1.82, 2.24) is 10.9 Å². The zero-order valence-electron chi connectivity index (χ0n) is 4.89. The Bertz CT molecular complexity index is 148. The third-order valence-electron chi connectivity index (χ3n) is 1.67. The fourth-order valence-corrected chi connectivity index (χ4v) is 1.19. The van der Waals surface area contributed by atoms with Crippen LogP contribution in [-0.2, 0) is 9.53 Å². The summed E-state index contributed by atoms with van der Waals surface area (Å²) in [6.07, 6.45) is 0.940. The van der Waals surface area contributed by atoms with Crippen molar-refractivity contribution in [3.63, 3.8) is 0 Å². The van der Waals surface area contributed by atoms with Gasteiger partial charge in [-0.25, -0.2) is 5.43 Å². The van der Waals surface area contributed by atoms with Gasteiger partial charge in [0.25, 0.3) is 0 Å². The number of fused-ring (bicyclic) bond motifs is 2. The second-order valence-electron chi connectivity index (χ2n) is 2.37. The molecule has 0 radical (unpaired) electrons. The Morgan fingerprint density at radius 1 is 1.67 bits per heavy atom. The summed E-state index contributed by atoms with van der Waals surface area (Å²) in [5.41, 5.74) is 5.72. The molecule has 9 heavy (non-hydrogen) atoms. The zero-order valence-corrected chi connectivity index (χ0v) is 4.89. The molecule has 0 amide bonds. The molecule has 0 aromatic rings. The van der Waals surface area contributed by atoms with E-state index in [1.54, 1.807) is 0 Å². The van der Waals surface area contributed by atoms with Crippen molar-refractivity contribution in [3.05, 3.63) is 0 Å². The number of esters is 1. The number of carbonyl (C=O) groups excluding carboxylic acids is 1. The topological polar surface area (TPSA) is 50.4 Å². The quantitative estimate of drug-likeness (QED) is 0.401. The number of carbonyl (C=O) groups is 1. The number of hydrogen-bond acceptors (Lipinski definition) is 4. The second kappa shape index (κ2) is 1.68. The lowest BCUT2D eigenvalue weighted by Gasteiger charge is -2.15. The maximum atomic E-state index is 10.7. The van der Waals surface area contributed by atoms with Crippen LogP contribution in [0.15, 0.2) is 0 Å². The van der Waals surface area contributed by atoms with E-state index in [1.165, 1.54) is 0 Å². The fourth-order valence-electron chi connectivity index (χ4n) is 1.19. The summed E-state index contributed by atoms with van der Waals surface area (Å²) in [6, 6.07) is -0.0938. The van der Waals surface area contributed by atoms with Crippen LogP contribution in [0.4, 0.5) is 0 Å². The Hall–Kier alpha value is -0.610. The van der Waals surface area contributed by atoms with Crippen molar-refractivity contribution in [3.8, 4) is 0 Å². The zero-order chi connectivity index (χ0) is 6.27. The van der Waals surface area contributed by atoms with Gasteiger partial charge in [0.15, 0.2) is 0 Å². The van der Waals surface area contributed by atoms with Gasteiger partial charge in [0, 0.05) is 13.0 Å². The number of hydrazine groups is 1. The van der Waals surface area contributed by atoms with Gasteiger partial charge in [0.1, 0.15) is 12.1 Å². The third kappa shape index (κ3) is 0.710. The molecule has 0 spiro atoms. The van der Waals surface area contributed by atoms with Crippen LogP contribution in [0.3, 0.4) is 0 Å². The molecular formula is C5H8N2O2. The average molecular weight is 128 g/mol. The summed E-state index contributed by atoms with van der Waals surface area (Å²) < 4.78 is 4.92. The Morgan fingerprint density at radius 2 is 2.56 bits per heavy atom. The van der Waals surface area contributed by atoms with E-state index in [9.17, 15) is 4.79 Å². The Kier molecular flexibility index (Phi) is 0.972. The van der Waals surface area contributed by atoms with E-state index in [0.29, 0.717) is 0 Å². The van der Waals surface area contributed by atoms with Crippen molar-refractivity contribution in [2.24, 2.45) is 0 Å². The van der Waals surface area contributed by atoms with Gasteiger partial charge in [-0.1, -0.05) is 0 Å². The highest BCUT2D eigenvalue weighted by molar-refractivity contribution is 5.78. The van der Waals surface area contributed by atoms with E-state index in [4.69, 9.17) is 4.74 Å². The van der Waals surface area contributed by atoms with Crippen molar-refractivity contribution in [2.45, 2.75) is 18.6 Å². The van der Waals surface area contributed by atoms with Gasteiger partial charge < -0.3 is 4.74 Å². The van der Waals surface area contributed by atoms with Gasteiger partial charge in [0.2, 0.25) is 0 Å². The van der Waals surface area contributed by atoms with Gasteiger partial charge in [-0.05, 0) is 0 Å². The first-order chi connectivity index (χ1) is 4.36. The molecule has 4 nitrogen and oxygen atoms in total. The summed E-state index contributed by atoms with van der Waals surface area (Å²) in [5, 5.41) is 0. The highest BCUT2D eigenvalue weighted by Crippen LogP contribution is 2.15. The molecule has 2 heterocycles. The molecule has 2 bridgehead atoms. The summed E-state index contributed by atoms with van der Waals surface area (Å²) in [5.74, 6) is -0.120. The molecule has 2 atom stereocenters. The van der Waals surface area contributed by atoms with E-state index in [1.807, 2.05) is 0 Å². The second-order valence-corrected chi connectivity index (χ2v) is 2.37. The molecule has 2 N–H and O–H groups in total. The van der Waals surface area contributed by atoms with Gasteiger partial charge in [-0.3, -0.25) is 10.2 Å².